The molecular weight excluding hydrogens is 384 g/mol. The molecule has 1 heterocycles. The first-order chi connectivity index (χ1) is 14.4. The number of nitrogens with two attached hydrogens (primary N) is 1. The van der Waals surface area contributed by atoms with Crippen molar-refractivity contribution in [3.63, 3.8) is 0 Å². The molecule has 0 aliphatic rings. The molecule has 2 aromatic carbocycles. The summed E-state index contributed by atoms with van der Waals surface area (Å²) in [5, 5.41) is 15.3. The summed E-state index contributed by atoms with van der Waals surface area (Å²) in [5.41, 5.74) is 8.47. The molecule has 0 fully saturated rings. The number of fused-ring (bicyclic) bond motifs is 1. The number of carbonyl (C=O) groups excluding carboxylic acids is 2. The summed E-state index contributed by atoms with van der Waals surface area (Å²) >= 11 is 0. The molecule has 1 aromatic heterocycles. The maximum atomic E-state index is 12.2. The van der Waals surface area contributed by atoms with Crippen LogP contribution in [0.4, 0.5) is 0 Å². The van der Waals surface area contributed by atoms with Gasteiger partial charge in [0, 0.05) is 23.5 Å². The van der Waals surface area contributed by atoms with Gasteiger partial charge in [-0.25, -0.2) is 4.79 Å². The van der Waals surface area contributed by atoms with Gasteiger partial charge in [-0.3, -0.25) is 9.59 Å². The minimum Gasteiger partial charge on any atom is -0.480 e. The summed E-state index contributed by atoms with van der Waals surface area (Å²) in [6.07, 6.45) is 2.19. The fourth-order valence-electron chi connectivity index (χ4n) is 3.23. The van der Waals surface area contributed by atoms with E-state index in [1.165, 1.54) is 0 Å². The number of hydrogen-bond acceptors (Lipinski definition) is 4. The zero-order valence-corrected chi connectivity index (χ0v) is 16.3. The molecule has 2 atom stereocenters. The summed E-state index contributed by atoms with van der Waals surface area (Å²) in [4.78, 5) is 39.0. The second kappa shape index (κ2) is 9.71. The van der Waals surface area contributed by atoms with Crippen LogP contribution in [0.5, 0.6) is 0 Å². The Morgan fingerprint density at radius 2 is 1.70 bits per heavy atom. The zero-order valence-electron chi connectivity index (χ0n) is 16.3. The van der Waals surface area contributed by atoms with Gasteiger partial charge in [-0.15, -0.1) is 0 Å². The molecule has 0 saturated carbocycles. The number of carboxylic acid groups (broad SMARTS) is 1. The Morgan fingerprint density at radius 3 is 2.43 bits per heavy atom. The van der Waals surface area contributed by atoms with E-state index in [0.29, 0.717) is 6.42 Å². The van der Waals surface area contributed by atoms with Crippen molar-refractivity contribution in [3.8, 4) is 0 Å². The topological polar surface area (TPSA) is 137 Å². The smallest absolute Gasteiger partial charge is 0.326 e. The molecule has 0 radical (unpaired) electrons. The summed E-state index contributed by atoms with van der Waals surface area (Å²) in [6, 6.07) is 14.9. The van der Waals surface area contributed by atoms with E-state index in [9.17, 15) is 19.5 Å². The van der Waals surface area contributed by atoms with Gasteiger partial charge in [-0.05, 0) is 23.6 Å². The number of hydrogen-bond donors (Lipinski definition) is 5. The van der Waals surface area contributed by atoms with Gasteiger partial charge in [0.1, 0.15) is 6.04 Å². The molecule has 156 valence electrons. The number of aromatic nitrogens is 1. The monoisotopic (exact) mass is 408 g/mol. The molecule has 0 aliphatic heterocycles. The van der Waals surface area contributed by atoms with Gasteiger partial charge in [-0.2, -0.15) is 0 Å². The molecule has 6 N–H and O–H groups in total. The van der Waals surface area contributed by atoms with Crippen LogP contribution in [0.1, 0.15) is 11.1 Å². The number of benzene rings is 2. The number of aromatic amines is 1. The molecule has 3 rings (SSSR count). The predicted molar refractivity (Wildman–Crippen MR) is 113 cm³/mol. The van der Waals surface area contributed by atoms with E-state index >= 15 is 0 Å². The number of amides is 2. The first-order valence-corrected chi connectivity index (χ1v) is 9.58. The van der Waals surface area contributed by atoms with Gasteiger partial charge in [0.2, 0.25) is 11.8 Å². The fourth-order valence-corrected chi connectivity index (χ4v) is 3.23. The summed E-state index contributed by atoms with van der Waals surface area (Å²) in [7, 11) is 0. The highest BCUT2D eigenvalue weighted by molar-refractivity contribution is 5.90. The largest absolute Gasteiger partial charge is 0.480 e. The highest BCUT2D eigenvalue weighted by atomic mass is 16.4. The standard InChI is InChI=1S/C22H24N4O4/c23-17(10-14-6-2-1-3-7-14)21(28)25-13-20(27)26-19(22(29)30)11-15-12-24-18-9-5-4-8-16(15)18/h1-9,12,17,19,24H,10-11,13,23H2,(H,25,28)(H,26,27)(H,29,30)/t17-,19-/m0/s1. The Hall–Kier alpha value is -3.65. The Morgan fingerprint density at radius 1 is 1.00 bits per heavy atom. The van der Waals surface area contributed by atoms with Crippen molar-refractivity contribution in [1.82, 2.24) is 15.6 Å². The van der Waals surface area contributed by atoms with Crippen LogP contribution in [-0.2, 0) is 27.2 Å². The molecule has 8 nitrogen and oxygen atoms in total. The van der Waals surface area contributed by atoms with Gasteiger partial charge >= 0.3 is 5.97 Å². The highest BCUT2D eigenvalue weighted by Crippen LogP contribution is 2.19. The fraction of sp³-hybridized carbons (Fsp3) is 0.227. The minimum absolute atomic E-state index is 0.118. The lowest BCUT2D eigenvalue weighted by Gasteiger charge is -2.16. The highest BCUT2D eigenvalue weighted by Gasteiger charge is 2.22. The molecular formula is C22H24N4O4. The number of para-hydroxylation sites is 1. The van der Waals surface area contributed by atoms with Gasteiger partial charge in [-0.1, -0.05) is 48.5 Å². The molecule has 30 heavy (non-hydrogen) atoms. The second-order valence-electron chi connectivity index (χ2n) is 7.04. The van der Waals surface area contributed by atoms with Gasteiger partial charge in [0.05, 0.1) is 12.6 Å². The van der Waals surface area contributed by atoms with E-state index < -0.39 is 29.9 Å². The van der Waals surface area contributed by atoms with E-state index in [4.69, 9.17) is 5.73 Å². The van der Waals surface area contributed by atoms with Crippen LogP contribution in [0, 0.1) is 0 Å². The van der Waals surface area contributed by atoms with Crippen LogP contribution < -0.4 is 16.4 Å². The van der Waals surface area contributed by atoms with Crippen LogP contribution >= 0.6 is 0 Å². The number of carbonyl (C=O) groups is 3. The van der Waals surface area contributed by atoms with Gasteiger partial charge < -0.3 is 26.5 Å². The van der Waals surface area contributed by atoms with E-state index in [-0.39, 0.29) is 13.0 Å². The lowest BCUT2D eigenvalue weighted by atomic mass is 10.0. The molecule has 2 amide bonds. The number of nitrogens with one attached hydrogen (secondary N) is 3. The van der Waals surface area contributed by atoms with Crippen LogP contribution in [0.25, 0.3) is 10.9 Å². The van der Waals surface area contributed by atoms with Crippen molar-refractivity contribution < 1.29 is 19.5 Å². The maximum Gasteiger partial charge on any atom is 0.326 e. The third-order valence-electron chi connectivity index (χ3n) is 4.79. The number of H-pyrrole nitrogens is 1. The summed E-state index contributed by atoms with van der Waals surface area (Å²) in [6.45, 7) is -0.348. The van der Waals surface area contributed by atoms with Crippen molar-refractivity contribution >= 4 is 28.7 Å². The quantitative estimate of drug-likeness (QED) is 0.359. The van der Waals surface area contributed by atoms with Crippen molar-refractivity contribution in [1.29, 1.82) is 0 Å². The average molecular weight is 408 g/mol. The molecule has 3 aromatic rings. The molecule has 0 bridgehead atoms. The van der Waals surface area contributed by atoms with E-state index in [1.807, 2.05) is 54.6 Å². The Labute approximate surface area is 173 Å². The maximum absolute atomic E-state index is 12.2. The molecule has 0 aliphatic carbocycles. The van der Waals surface area contributed by atoms with E-state index in [0.717, 1.165) is 22.0 Å². The lowest BCUT2D eigenvalue weighted by molar-refractivity contribution is -0.141. The van der Waals surface area contributed by atoms with E-state index in [1.54, 1.807) is 6.20 Å². The zero-order chi connectivity index (χ0) is 21.5. The van der Waals surface area contributed by atoms with Crippen LogP contribution in [0.15, 0.2) is 60.8 Å². The third-order valence-corrected chi connectivity index (χ3v) is 4.79. The normalized spacial score (nSPS) is 12.8. The minimum atomic E-state index is -1.15. The first kappa shape index (κ1) is 21.1. The average Bonchev–Trinajstić information content (AvgIpc) is 3.15. The SMILES string of the molecule is N[C@@H](Cc1ccccc1)C(=O)NCC(=O)N[C@@H](Cc1c[nH]c2ccccc12)C(=O)O. The van der Waals surface area contributed by atoms with Gasteiger partial charge in [0.15, 0.2) is 0 Å². The molecule has 0 saturated heterocycles. The van der Waals surface area contributed by atoms with Crippen molar-refractivity contribution in [2.45, 2.75) is 24.9 Å². The molecule has 0 spiro atoms. The number of carboxylic acids is 1. The first-order valence-electron chi connectivity index (χ1n) is 9.58. The second-order valence-corrected chi connectivity index (χ2v) is 7.04. The van der Waals surface area contributed by atoms with Crippen molar-refractivity contribution in [3.05, 3.63) is 71.9 Å². The Kier molecular flexibility index (Phi) is 6.82. The van der Waals surface area contributed by atoms with Crippen molar-refractivity contribution in [2.24, 2.45) is 5.73 Å². The van der Waals surface area contributed by atoms with Gasteiger partial charge in [0.25, 0.3) is 0 Å². The lowest BCUT2D eigenvalue weighted by Crippen LogP contribution is -2.49. The summed E-state index contributed by atoms with van der Waals surface area (Å²) in [5.74, 6) is -2.22. The number of rotatable bonds is 9. The molecule has 0 unspecified atom stereocenters. The van der Waals surface area contributed by atoms with Crippen LogP contribution in [-0.4, -0.2) is 46.5 Å². The van der Waals surface area contributed by atoms with E-state index in [2.05, 4.69) is 15.6 Å². The molecule has 8 heteroatoms. The number of aliphatic carboxylic acids is 1. The Balaban J connectivity index is 1.52. The van der Waals surface area contributed by atoms with Crippen LogP contribution in [0.2, 0.25) is 0 Å². The van der Waals surface area contributed by atoms with Crippen molar-refractivity contribution in [2.75, 3.05) is 6.54 Å². The Bertz CT molecular complexity index is 1030. The summed E-state index contributed by atoms with van der Waals surface area (Å²) < 4.78 is 0. The third kappa shape index (κ3) is 5.45. The van der Waals surface area contributed by atoms with Crippen LogP contribution in [0.3, 0.4) is 0 Å². The predicted octanol–water partition coefficient (Wildman–Crippen LogP) is 0.966.